The van der Waals surface area contributed by atoms with Gasteiger partial charge in [-0.1, -0.05) is 22.0 Å². The summed E-state index contributed by atoms with van der Waals surface area (Å²) in [5.41, 5.74) is 2.50. The minimum Gasteiger partial charge on any atom is -0.427 e. The van der Waals surface area contributed by atoms with Gasteiger partial charge in [-0.3, -0.25) is 19.7 Å². The van der Waals surface area contributed by atoms with E-state index in [1.54, 1.807) is 24.3 Å². The number of amides is 2. The Hall–Kier alpha value is -3.99. The summed E-state index contributed by atoms with van der Waals surface area (Å²) in [7, 11) is 0. The number of fused-ring (bicyclic) bond motifs is 1. The van der Waals surface area contributed by atoms with E-state index < -0.39 is 17.8 Å². The highest BCUT2D eigenvalue weighted by molar-refractivity contribution is 9.10. The van der Waals surface area contributed by atoms with E-state index in [1.165, 1.54) is 13.3 Å². The molecule has 0 radical (unpaired) electrons. The molecular formula is C21H17BrN6O4. The molecule has 4 rings (SSSR count). The van der Waals surface area contributed by atoms with E-state index in [1.807, 2.05) is 19.1 Å². The first-order valence-corrected chi connectivity index (χ1v) is 10.2. The third-order valence-corrected chi connectivity index (χ3v) is 4.97. The number of hydrogen-bond donors (Lipinski definition) is 4. The molecule has 2 aromatic heterocycles. The van der Waals surface area contributed by atoms with Gasteiger partial charge in [0.15, 0.2) is 5.69 Å². The third kappa shape index (κ3) is 4.52. The minimum atomic E-state index is -0.599. The molecule has 2 amide bonds. The number of H-pyrrole nitrogens is 2. The van der Waals surface area contributed by atoms with Crippen LogP contribution < -0.4 is 15.4 Å². The Kier molecular flexibility index (Phi) is 5.73. The van der Waals surface area contributed by atoms with Crippen LogP contribution in [-0.2, 0) is 4.79 Å². The summed E-state index contributed by atoms with van der Waals surface area (Å²) in [5, 5.41) is 5.36. The van der Waals surface area contributed by atoms with Crippen molar-refractivity contribution < 1.29 is 19.1 Å². The second kappa shape index (κ2) is 8.63. The molecule has 2 aromatic carbocycles. The van der Waals surface area contributed by atoms with Gasteiger partial charge in [0.05, 0.1) is 17.4 Å². The van der Waals surface area contributed by atoms with Crippen molar-refractivity contribution in [3.8, 4) is 5.75 Å². The number of benzene rings is 2. The van der Waals surface area contributed by atoms with Gasteiger partial charge in [-0.05, 0) is 36.8 Å². The Labute approximate surface area is 189 Å². The van der Waals surface area contributed by atoms with Gasteiger partial charge in [0.2, 0.25) is 5.95 Å². The number of ether oxygens (including phenoxy) is 1. The largest absolute Gasteiger partial charge is 0.427 e. The molecule has 0 spiro atoms. The molecular weight excluding hydrogens is 480 g/mol. The van der Waals surface area contributed by atoms with Gasteiger partial charge >= 0.3 is 5.97 Å². The highest BCUT2D eigenvalue weighted by Gasteiger charge is 2.22. The van der Waals surface area contributed by atoms with Gasteiger partial charge in [-0.2, -0.15) is 0 Å². The van der Waals surface area contributed by atoms with Gasteiger partial charge in [-0.25, -0.2) is 9.97 Å². The standard InChI is InChI=1S/C21H17BrN6O4/c1-10-3-4-12(22)7-15(10)25-19(30)17-18(24-9-23-17)20(31)28-21-26-14-6-5-13(32-11(2)29)8-16(14)27-21/h3-9H,1-2H3,(H,23,24)(H,25,30)(H2,26,27,28,31). The molecule has 32 heavy (non-hydrogen) atoms. The smallest absolute Gasteiger partial charge is 0.308 e. The highest BCUT2D eigenvalue weighted by Crippen LogP contribution is 2.23. The number of carbonyl (C=O) groups is 3. The maximum atomic E-state index is 12.8. The molecule has 4 N–H and O–H groups in total. The number of nitrogens with one attached hydrogen (secondary N) is 4. The molecule has 4 aromatic rings. The van der Waals surface area contributed by atoms with Crippen molar-refractivity contribution in [2.75, 3.05) is 10.6 Å². The van der Waals surface area contributed by atoms with Gasteiger partial charge in [-0.15, -0.1) is 0 Å². The summed E-state index contributed by atoms with van der Waals surface area (Å²) in [5.74, 6) is -1.07. The number of hydrogen-bond acceptors (Lipinski definition) is 6. The maximum Gasteiger partial charge on any atom is 0.308 e. The lowest BCUT2D eigenvalue weighted by Crippen LogP contribution is -2.21. The zero-order chi connectivity index (χ0) is 22.8. The quantitative estimate of drug-likeness (QED) is 0.244. The number of anilines is 2. The van der Waals surface area contributed by atoms with Crippen molar-refractivity contribution in [1.29, 1.82) is 0 Å². The summed E-state index contributed by atoms with van der Waals surface area (Å²) >= 11 is 3.37. The predicted octanol–water partition coefficient (Wildman–Crippen LogP) is 3.79. The lowest BCUT2D eigenvalue weighted by molar-refractivity contribution is -0.131. The second-order valence-electron chi connectivity index (χ2n) is 6.85. The van der Waals surface area contributed by atoms with Crippen molar-refractivity contribution in [3.63, 3.8) is 0 Å². The first-order chi connectivity index (χ1) is 15.3. The summed E-state index contributed by atoms with van der Waals surface area (Å²) in [6.07, 6.45) is 1.27. The lowest BCUT2D eigenvalue weighted by Gasteiger charge is -2.08. The SMILES string of the molecule is CC(=O)Oc1ccc2nc(NC(=O)c3[nH]cnc3C(=O)Nc3cc(Br)ccc3C)[nH]c2c1. The molecule has 0 saturated carbocycles. The summed E-state index contributed by atoms with van der Waals surface area (Å²) in [4.78, 5) is 50.5. The van der Waals surface area contributed by atoms with Crippen LogP contribution in [0.2, 0.25) is 0 Å². The van der Waals surface area contributed by atoms with Crippen LogP contribution in [0.15, 0.2) is 47.2 Å². The highest BCUT2D eigenvalue weighted by atomic mass is 79.9. The first kappa shape index (κ1) is 21.2. The van der Waals surface area contributed by atoms with Crippen LogP contribution in [-0.4, -0.2) is 37.7 Å². The van der Waals surface area contributed by atoms with Crippen LogP contribution in [0.4, 0.5) is 11.6 Å². The monoisotopic (exact) mass is 496 g/mol. The van der Waals surface area contributed by atoms with Gasteiger partial charge in [0.1, 0.15) is 11.4 Å². The fraction of sp³-hybridized carbons (Fsp3) is 0.0952. The Morgan fingerprint density at radius 2 is 1.88 bits per heavy atom. The average molecular weight is 497 g/mol. The van der Waals surface area contributed by atoms with Crippen LogP contribution >= 0.6 is 15.9 Å². The van der Waals surface area contributed by atoms with Gasteiger partial charge in [0, 0.05) is 23.2 Å². The average Bonchev–Trinajstić information content (AvgIpc) is 3.36. The number of imidazole rings is 2. The molecule has 0 aliphatic heterocycles. The molecule has 0 atom stereocenters. The van der Waals surface area contributed by atoms with E-state index in [2.05, 4.69) is 46.5 Å². The first-order valence-electron chi connectivity index (χ1n) is 9.40. The zero-order valence-electron chi connectivity index (χ0n) is 16.9. The third-order valence-electron chi connectivity index (χ3n) is 4.48. The molecule has 162 valence electrons. The number of halogens is 1. The Morgan fingerprint density at radius 1 is 1.06 bits per heavy atom. The van der Waals surface area contributed by atoms with Crippen LogP contribution in [0, 0.1) is 6.92 Å². The molecule has 11 heteroatoms. The van der Waals surface area contributed by atoms with E-state index in [4.69, 9.17) is 4.74 Å². The molecule has 0 saturated heterocycles. The topological polar surface area (TPSA) is 142 Å². The van der Waals surface area contributed by atoms with Crippen LogP contribution in [0.5, 0.6) is 5.75 Å². The Bertz CT molecular complexity index is 1360. The molecule has 2 heterocycles. The molecule has 0 fully saturated rings. The Balaban J connectivity index is 1.52. The fourth-order valence-electron chi connectivity index (χ4n) is 3.00. The lowest BCUT2D eigenvalue weighted by atomic mass is 10.2. The Morgan fingerprint density at radius 3 is 2.66 bits per heavy atom. The van der Waals surface area contributed by atoms with E-state index in [-0.39, 0.29) is 17.3 Å². The van der Waals surface area contributed by atoms with Crippen molar-refractivity contribution in [2.45, 2.75) is 13.8 Å². The predicted molar refractivity (Wildman–Crippen MR) is 121 cm³/mol. The number of aromatic nitrogens is 4. The number of nitrogens with zero attached hydrogens (tertiary/aromatic N) is 2. The molecule has 0 bridgehead atoms. The molecule has 10 nitrogen and oxygen atoms in total. The summed E-state index contributed by atoms with van der Waals surface area (Å²) in [6, 6.07) is 10.3. The summed E-state index contributed by atoms with van der Waals surface area (Å²) < 4.78 is 5.85. The maximum absolute atomic E-state index is 12.8. The van der Waals surface area contributed by atoms with E-state index in [0.29, 0.717) is 22.5 Å². The van der Waals surface area contributed by atoms with E-state index >= 15 is 0 Å². The number of aromatic amines is 2. The van der Waals surface area contributed by atoms with Gasteiger partial charge in [0.25, 0.3) is 11.8 Å². The number of rotatable bonds is 5. The molecule has 0 aliphatic carbocycles. The summed E-state index contributed by atoms with van der Waals surface area (Å²) in [6.45, 7) is 3.16. The fourth-order valence-corrected chi connectivity index (χ4v) is 3.36. The van der Waals surface area contributed by atoms with Crippen molar-refractivity contribution in [1.82, 2.24) is 19.9 Å². The van der Waals surface area contributed by atoms with Crippen molar-refractivity contribution >= 4 is 56.4 Å². The van der Waals surface area contributed by atoms with E-state index in [0.717, 1.165) is 10.0 Å². The van der Waals surface area contributed by atoms with Crippen molar-refractivity contribution in [3.05, 3.63) is 64.1 Å². The van der Waals surface area contributed by atoms with Crippen LogP contribution in [0.3, 0.4) is 0 Å². The van der Waals surface area contributed by atoms with Gasteiger partial charge < -0.3 is 20.0 Å². The molecule has 0 aliphatic rings. The number of carbonyl (C=O) groups excluding carboxylic acids is 3. The molecule has 0 unspecified atom stereocenters. The number of esters is 1. The number of aryl methyl sites for hydroxylation is 1. The second-order valence-corrected chi connectivity index (χ2v) is 7.77. The van der Waals surface area contributed by atoms with Crippen molar-refractivity contribution in [2.24, 2.45) is 0 Å². The zero-order valence-corrected chi connectivity index (χ0v) is 18.5. The van der Waals surface area contributed by atoms with Crippen LogP contribution in [0.25, 0.3) is 11.0 Å². The van der Waals surface area contributed by atoms with Crippen LogP contribution in [0.1, 0.15) is 33.5 Å². The van der Waals surface area contributed by atoms with E-state index in [9.17, 15) is 14.4 Å². The minimum absolute atomic E-state index is 0.0174. The normalized spacial score (nSPS) is 10.7.